The van der Waals surface area contributed by atoms with Crippen LogP contribution in [-0.4, -0.2) is 30.5 Å². The van der Waals surface area contributed by atoms with Gasteiger partial charge < -0.3 is 9.47 Å². The Labute approximate surface area is 121 Å². The maximum atomic E-state index is 11.4. The summed E-state index contributed by atoms with van der Waals surface area (Å²) >= 11 is 1.24. The number of thiophene rings is 1. The summed E-state index contributed by atoms with van der Waals surface area (Å²) in [6.07, 6.45) is -0.624. The molecule has 0 aliphatic rings. The highest BCUT2D eigenvalue weighted by molar-refractivity contribution is 7.15. The van der Waals surface area contributed by atoms with Gasteiger partial charge in [-0.05, 0) is 39.8 Å². The maximum absolute atomic E-state index is 11.4. The van der Waals surface area contributed by atoms with Crippen molar-refractivity contribution in [1.29, 1.82) is 0 Å². The molecular formula is C13H18N2O4S. The number of hydrogen-bond acceptors (Lipinski definition) is 6. The van der Waals surface area contributed by atoms with E-state index in [1.54, 1.807) is 39.8 Å². The molecule has 0 aliphatic heterocycles. The lowest BCUT2D eigenvalue weighted by molar-refractivity contribution is 0.0528. The second kappa shape index (κ2) is 6.51. The zero-order chi connectivity index (χ0) is 15.3. The molecule has 0 spiro atoms. The van der Waals surface area contributed by atoms with Gasteiger partial charge in [-0.25, -0.2) is 15.0 Å². The Bertz CT molecular complexity index is 529. The van der Waals surface area contributed by atoms with Gasteiger partial charge in [-0.1, -0.05) is 0 Å². The van der Waals surface area contributed by atoms with Crippen LogP contribution in [0.25, 0.3) is 0 Å². The van der Waals surface area contributed by atoms with Gasteiger partial charge in [0.15, 0.2) is 0 Å². The Morgan fingerprint density at radius 1 is 1.25 bits per heavy atom. The van der Waals surface area contributed by atoms with Gasteiger partial charge in [-0.15, -0.1) is 11.3 Å². The van der Waals surface area contributed by atoms with Crippen LogP contribution in [0.2, 0.25) is 0 Å². The lowest BCUT2D eigenvalue weighted by Gasteiger charge is -2.18. The van der Waals surface area contributed by atoms with Crippen molar-refractivity contribution >= 4 is 29.1 Å². The van der Waals surface area contributed by atoms with Crippen LogP contribution < -0.4 is 5.43 Å². The van der Waals surface area contributed by atoms with E-state index >= 15 is 0 Å². The molecule has 1 rings (SSSR count). The number of carbonyl (C=O) groups excluding carboxylic acids is 2. The van der Waals surface area contributed by atoms with E-state index < -0.39 is 17.7 Å². The van der Waals surface area contributed by atoms with E-state index in [-0.39, 0.29) is 0 Å². The van der Waals surface area contributed by atoms with Gasteiger partial charge in [0.05, 0.1) is 17.7 Å². The molecule has 0 aromatic carbocycles. The molecule has 1 aromatic rings. The van der Waals surface area contributed by atoms with Crippen molar-refractivity contribution < 1.29 is 19.1 Å². The third-order valence-corrected chi connectivity index (χ3v) is 3.24. The van der Waals surface area contributed by atoms with Crippen LogP contribution in [0, 0.1) is 0 Å². The van der Waals surface area contributed by atoms with Crippen molar-refractivity contribution in [2.75, 3.05) is 7.11 Å². The lowest BCUT2D eigenvalue weighted by atomic mass is 10.2. The van der Waals surface area contributed by atoms with Gasteiger partial charge in [0.25, 0.3) is 0 Å². The summed E-state index contributed by atoms with van der Waals surface area (Å²) in [7, 11) is 1.33. The van der Waals surface area contributed by atoms with E-state index in [2.05, 4.69) is 15.3 Å². The molecule has 0 unspecified atom stereocenters. The number of hydrazone groups is 1. The minimum atomic E-state index is -0.624. The molecule has 1 amide bonds. The van der Waals surface area contributed by atoms with Crippen molar-refractivity contribution in [3.05, 3.63) is 21.9 Å². The van der Waals surface area contributed by atoms with Crippen LogP contribution in [0.1, 0.15) is 42.2 Å². The first kappa shape index (κ1) is 16.2. The third-order valence-electron chi connectivity index (χ3n) is 2.06. The summed E-state index contributed by atoms with van der Waals surface area (Å²) in [6.45, 7) is 7.03. The Balaban J connectivity index is 2.68. The zero-order valence-corrected chi connectivity index (χ0v) is 13.0. The van der Waals surface area contributed by atoms with Gasteiger partial charge >= 0.3 is 12.1 Å². The van der Waals surface area contributed by atoms with Crippen LogP contribution in [0.15, 0.2) is 17.2 Å². The molecule has 0 saturated carbocycles. The van der Waals surface area contributed by atoms with Crippen molar-refractivity contribution in [2.45, 2.75) is 33.3 Å². The topological polar surface area (TPSA) is 77.0 Å². The van der Waals surface area contributed by atoms with Gasteiger partial charge in [-0.3, -0.25) is 0 Å². The second-order valence-corrected chi connectivity index (χ2v) is 6.05. The van der Waals surface area contributed by atoms with Crippen LogP contribution in [0.4, 0.5) is 4.79 Å². The molecule has 1 aromatic heterocycles. The number of hydrogen-bond donors (Lipinski definition) is 1. The molecule has 110 valence electrons. The minimum Gasteiger partial charge on any atom is -0.465 e. The quantitative estimate of drug-likeness (QED) is 0.529. The molecule has 0 atom stereocenters. The summed E-state index contributed by atoms with van der Waals surface area (Å²) in [5.74, 6) is -0.394. The number of rotatable bonds is 3. The fourth-order valence-corrected chi connectivity index (χ4v) is 2.10. The number of amides is 1. The standard InChI is InChI=1S/C13H18N2O4S/c1-8(14-15-12(17)19-13(2,3)4)9-6-7-10(20-9)11(16)18-5/h6-7H,1-5H3,(H,15,17). The summed E-state index contributed by atoms with van der Waals surface area (Å²) in [4.78, 5) is 24.0. The molecule has 0 aliphatic carbocycles. The molecule has 6 nitrogen and oxygen atoms in total. The predicted octanol–water partition coefficient (Wildman–Crippen LogP) is 2.78. The first-order chi connectivity index (χ1) is 9.23. The minimum absolute atomic E-state index is 0.394. The average Bonchev–Trinajstić information content (AvgIpc) is 2.82. The summed E-state index contributed by atoms with van der Waals surface area (Å²) < 4.78 is 9.68. The fourth-order valence-electron chi connectivity index (χ4n) is 1.23. The maximum Gasteiger partial charge on any atom is 0.428 e. The van der Waals surface area contributed by atoms with Crippen LogP contribution in [-0.2, 0) is 9.47 Å². The van der Waals surface area contributed by atoms with Crippen molar-refractivity contribution in [1.82, 2.24) is 5.43 Å². The van der Waals surface area contributed by atoms with E-state index in [0.29, 0.717) is 10.6 Å². The number of nitrogens with one attached hydrogen (secondary N) is 1. The Kier molecular flexibility index (Phi) is 5.26. The molecule has 0 fully saturated rings. The van der Waals surface area contributed by atoms with E-state index in [4.69, 9.17) is 4.74 Å². The zero-order valence-electron chi connectivity index (χ0n) is 12.1. The molecule has 20 heavy (non-hydrogen) atoms. The number of nitrogens with zero attached hydrogens (tertiary/aromatic N) is 1. The number of methoxy groups -OCH3 is 1. The highest BCUT2D eigenvalue weighted by Crippen LogP contribution is 2.18. The first-order valence-electron chi connectivity index (χ1n) is 5.95. The number of carbonyl (C=O) groups is 2. The molecular weight excluding hydrogens is 280 g/mol. The van der Waals surface area contributed by atoms with Crippen molar-refractivity contribution in [3.8, 4) is 0 Å². The Hall–Kier alpha value is -1.89. The van der Waals surface area contributed by atoms with Gasteiger partial charge in [0, 0.05) is 0 Å². The largest absolute Gasteiger partial charge is 0.465 e. The number of ether oxygens (including phenoxy) is 2. The molecule has 1 N–H and O–H groups in total. The van der Waals surface area contributed by atoms with Crippen molar-refractivity contribution in [3.63, 3.8) is 0 Å². The molecule has 0 radical (unpaired) electrons. The smallest absolute Gasteiger partial charge is 0.428 e. The summed E-state index contributed by atoms with van der Waals surface area (Å²) in [6, 6.07) is 3.39. The highest BCUT2D eigenvalue weighted by Gasteiger charge is 2.16. The molecule has 1 heterocycles. The molecule has 0 bridgehead atoms. The van der Waals surface area contributed by atoms with E-state index in [9.17, 15) is 9.59 Å². The normalized spacial score (nSPS) is 11.9. The highest BCUT2D eigenvalue weighted by atomic mass is 32.1. The summed E-state index contributed by atoms with van der Waals surface area (Å²) in [5, 5.41) is 3.93. The van der Waals surface area contributed by atoms with Crippen LogP contribution in [0.3, 0.4) is 0 Å². The first-order valence-corrected chi connectivity index (χ1v) is 6.76. The van der Waals surface area contributed by atoms with Gasteiger partial charge in [0.2, 0.25) is 0 Å². The number of esters is 1. The van der Waals surface area contributed by atoms with Gasteiger partial charge in [0.1, 0.15) is 10.5 Å². The predicted molar refractivity (Wildman–Crippen MR) is 77.2 cm³/mol. The average molecular weight is 298 g/mol. The Morgan fingerprint density at radius 2 is 1.85 bits per heavy atom. The Morgan fingerprint density at radius 3 is 2.40 bits per heavy atom. The van der Waals surface area contributed by atoms with Crippen LogP contribution in [0.5, 0.6) is 0 Å². The third kappa shape index (κ3) is 5.00. The molecule has 7 heteroatoms. The SMILES string of the molecule is COC(=O)c1ccc(C(C)=NNC(=O)OC(C)(C)C)s1. The van der Waals surface area contributed by atoms with Crippen molar-refractivity contribution in [2.24, 2.45) is 5.10 Å². The molecule has 0 saturated heterocycles. The monoisotopic (exact) mass is 298 g/mol. The summed E-state index contributed by atoms with van der Waals surface area (Å²) in [5.41, 5.74) is 2.31. The van der Waals surface area contributed by atoms with Crippen LogP contribution >= 0.6 is 11.3 Å². The van der Waals surface area contributed by atoms with E-state index in [0.717, 1.165) is 4.88 Å². The van der Waals surface area contributed by atoms with E-state index in [1.807, 2.05) is 0 Å². The second-order valence-electron chi connectivity index (χ2n) is 4.97. The lowest BCUT2D eigenvalue weighted by Crippen LogP contribution is -2.30. The van der Waals surface area contributed by atoms with Gasteiger partial charge in [-0.2, -0.15) is 5.10 Å². The fraction of sp³-hybridized carbons (Fsp3) is 0.462. The van der Waals surface area contributed by atoms with E-state index in [1.165, 1.54) is 18.4 Å².